The molecule has 2 N–H and O–H groups in total. The summed E-state index contributed by atoms with van der Waals surface area (Å²) in [5, 5.41) is 1.59. The number of halogens is 1. The maximum absolute atomic E-state index is 6.35. The van der Waals surface area contributed by atoms with E-state index in [1.807, 2.05) is 36.2 Å². The van der Waals surface area contributed by atoms with Crippen LogP contribution >= 0.6 is 34.7 Å². The summed E-state index contributed by atoms with van der Waals surface area (Å²) in [6.07, 6.45) is 1.86. The van der Waals surface area contributed by atoms with E-state index < -0.39 is 0 Å². The average molecular weight is 328 g/mol. The van der Waals surface area contributed by atoms with E-state index in [0.29, 0.717) is 5.13 Å². The van der Waals surface area contributed by atoms with Crippen LogP contribution < -0.4 is 5.73 Å². The van der Waals surface area contributed by atoms with Crippen molar-refractivity contribution in [1.82, 2.24) is 9.88 Å². The molecule has 0 bridgehead atoms. The number of thioether (sulfide) groups is 1. The number of nitrogens with two attached hydrogens (primary N) is 1. The van der Waals surface area contributed by atoms with E-state index in [-0.39, 0.29) is 5.25 Å². The van der Waals surface area contributed by atoms with Gasteiger partial charge in [-0.3, -0.25) is 0 Å². The lowest BCUT2D eigenvalue weighted by molar-refractivity contribution is 0.437. The average Bonchev–Trinajstić information content (AvgIpc) is 2.82. The molecule has 0 radical (unpaired) electrons. The highest BCUT2D eigenvalue weighted by Gasteiger charge is 2.19. The Morgan fingerprint density at radius 2 is 2.15 bits per heavy atom. The van der Waals surface area contributed by atoms with Crippen LogP contribution in [0.15, 0.2) is 30.5 Å². The lowest BCUT2D eigenvalue weighted by Gasteiger charge is -2.18. The maximum atomic E-state index is 6.35. The lowest BCUT2D eigenvalue weighted by Crippen LogP contribution is -2.15. The predicted molar refractivity (Wildman–Crippen MR) is 90.8 cm³/mol. The third kappa shape index (κ3) is 4.12. The van der Waals surface area contributed by atoms with Gasteiger partial charge in [0.25, 0.3) is 0 Å². The molecule has 0 spiro atoms. The first kappa shape index (κ1) is 15.6. The summed E-state index contributed by atoms with van der Waals surface area (Å²) in [4.78, 5) is 7.50. The second-order valence-corrected chi connectivity index (χ2v) is 7.39. The number of nitrogen functional groups attached to an aromatic ring is 1. The molecule has 1 heterocycles. The Balaban J connectivity index is 2.22. The first-order valence-corrected chi connectivity index (χ1v) is 8.54. The quantitative estimate of drug-likeness (QED) is 0.877. The van der Waals surface area contributed by atoms with E-state index in [2.05, 4.69) is 30.0 Å². The Bertz CT molecular complexity index is 557. The molecule has 1 aromatic carbocycles. The van der Waals surface area contributed by atoms with Gasteiger partial charge >= 0.3 is 0 Å². The Kier molecular flexibility index (Phi) is 5.72. The van der Waals surface area contributed by atoms with Crippen LogP contribution in [-0.2, 0) is 0 Å². The molecule has 2 rings (SSSR count). The van der Waals surface area contributed by atoms with Crippen LogP contribution in [0, 0.1) is 0 Å². The number of thiazole rings is 1. The summed E-state index contributed by atoms with van der Waals surface area (Å²) in [5.41, 5.74) is 6.89. The van der Waals surface area contributed by atoms with Crippen molar-refractivity contribution >= 4 is 39.8 Å². The number of rotatable bonds is 6. The van der Waals surface area contributed by atoms with Gasteiger partial charge in [0.1, 0.15) is 0 Å². The van der Waals surface area contributed by atoms with Crippen molar-refractivity contribution in [3.05, 3.63) is 45.9 Å². The molecular formula is C14H18ClN3S2. The van der Waals surface area contributed by atoms with Gasteiger partial charge in [0.05, 0.1) is 5.25 Å². The number of nitrogens with zero attached hydrogens (tertiary/aromatic N) is 2. The largest absolute Gasteiger partial charge is 0.375 e. The van der Waals surface area contributed by atoms with Crippen molar-refractivity contribution in [2.75, 3.05) is 32.1 Å². The minimum atomic E-state index is 0.193. The van der Waals surface area contributed by atoms with E-state index in [1.54, 1.807) is 0 Å². The van der Waals surface area contributed by atoms with Gasteiger partial charge in [-0.1, -0.05) is 29.8 Å². The fraction of sp³-hybridized carbons (Fsp3) is 0.357. The molecule has 0 aliphatic carbocycles. The molecule has 1 unspecified atom stereocenters. The molecule has 1 aromatic heterocycles. The van der Waals surface area contributed by atoms with Gasteiger partial charge in [-0.05, 0) is 25.7 Å². The molecule has 0 saturated carbocycles. The lowest BCUT2D eigenvalue weighted by atomic mass is 10.1. The Morgan fingerprint density at radius 3 is 2.75 bits per heavy atom. The molecule has 0 aliphatic rings. The number of aromatic nitrogens is 1. The number of benzene rings is 1. The highest BCUT2D eigenvalue weighted by atomic mass is 35.5. The van der Waals surface area contributed by atoms with Crippen LogP contribution in [0.2, 0.25) is 5.02 Å². The van der Waals surface area contributed by atoms with E-state index in [0.717, 1.165) is 27.8 Å². The zero-order valence-corrected chi connectivity index (χ0v) is 13.9. The molecule has 2 aromatic rings. The van der Waals surface area contributed by atoms with Crippen LogP contribution in [-0.4, -0.2) is 36.3 Å². The van der Waals surface area contributed by atoms with Crippen LogP contribution in [0.4, 0.5) is 5.13 Å². The SMILES string of the molecule is CN(C)CCSC(c1cnc(N)s1)c1ccccc1Cl. The zero-order valence-electron chi connectivity index (χ0n) is 11.5. The Hall–Kier alpha value is -0.750. The van der Waals surface area contributed by atoms with Crippen molar-refractivity contribution in [2.45, 2.75) is 5.25 Å². The third-order valence-corrected chi connectivity index (χ3v) is 5.45. The minimum Gasteiger partial charge on any atom is -0.375 e. The molecule has 1 atom stereocenters. The molecule has 20 heavy (non-hydrogen) atoms. The molecule has 0 saturated heterocycles. The van der Waals surface area contributed by atoms with E-state index in [9.17, 15) is 0 Å². The summed E-state index contributed by atoms with van der Waals surface area (Å²) in [7, 11) is 4.16. The van der Waals surface area contributed by atoms with Gasteiger partial charge in [-0.2, -0.15) is 0 Å². The molecule has 3 nitrogen and oxygen atoms in total. The first-order valence-electron chi connectivity index (χ1n) is 6.30. The maximum Gasteiger partial charge on any atom is 0.180 e. The van der Waals surface area contributed by atoms with Crippen LogP contribution in [0.3, 0.4) is 0 Å². The highest BCUT2D eigenvalue weighted by molar-refractivity contribution is 7.99. The molecule has 0 aliphatic heterocycles. The second kappa shape index (κ2) is 7.31. The Labute approximate surface area is 133 Å². The van der Waals surface area contributed by atoms with Crippen molar-refractivity contribution in [2.24, 2.45) is 0 Å². The van der Waals surface area contributed by atoms with Gasteiger partial charge in [-0.15, -0.1) is 23.1 Å². The monoisotopic (exact) mass is 327 g/mol. The summed E-state index contributed by atoms with van der Waals surface area (Å²) < 4.78 is 0. The van der Waals surface area contributed by atoms with Gasteiger partial charge in [0.2, 0.25) is 0 Å². The van der Waals surface area contributed by atoms with E-state index >= 15 is 0 Å². The van der Waals surface area contributed by atoms with E-state index in [1.165, 1.54) is 11.3 Å². The minimum absolute atomic E-state index is 0.193. The normalized spacial score (nSPS) is 12.8. The van der Waals surface area contributed by atoms with Crippen LogP contribution in [0.1, 0.15) is 15.7 Å². The third-order valence-electron chi connectivity index (χ3n) is 2.81. The van der Waals surface area contributed by atoms with Gasteiger partial charge in [-0.25, -0.2) is 4.98 Å². The van der Waals surface area contributed by atoms with Crippen LogP contribution in [0.5, 0.6) is 0 Å². The van der Waals surface area contributed by atoms with Crippen molar-refractivity contribution in [3.8, 4) is 0 Å². The fourth-order valence-electron chi connectivity index (χ4n) is 1.79. The Morgan fingerprint density at radius 1 is 1.40 bits per heavy atom. The second-order valence-electron chi connectivity index (χ2n) is 4.68. The first-order chi connectivity index (χ1) is 9.58. The summed E-state index contributed by atoms with van der Waals surface area (Å²) in [5.74, 6) is 1.03. The fourth-order valence-corrected chi connectivity index (χ4v) is 4.45. The number of hydrogen-bond acceptors (Lipinski definition) is 5. The van der Waals surface area contributed by atoms with Crippen molar-refractivity contribution in [3.63, 3.8) is 0 Å². The number of anilines is 1. The standard InChI is InChI=1S/C14H18ClN3S2/c1-18(2)7-8-19-13(12-9-17-14(16)20-12)10-5-3-4-6-11(10)15/h3-6,9,13H,7-8H2,1-2H3,(H2,16,17). The summed E-state index contributed by atoms with van der Waals surface area (Å²) in [6.45, 7) is 1.03. The van der Waals surface area contributed by atoms with Crippen molar-refractivity contribution < 1.29 is 0 Å². The molecule has 0 amide bonds. The van der Waals surface area contributed by atoms with Gasteiger partial charge in [0.15, 0.2) is 5.13 Å². The smallest absolute Gasteiger partial charge is 0.180 e. The predicted octanol–water partition coefficient (Wildman–Crippen LogP) is 3.76. The van der Waals surface area contributed by atoms with Gasteiger partial charge < -0.3 is 10.6 Å². The zero-order chi connectivity index (χ0) is 14.5. The van der Waals surface area contributed by atoms with Gasteiger partial charge in [0, 0.05) is 28.4 Å². The molecule has 0 fully saturated rings. The molecule has 108 valence electrons. The summed E-state index contributed by atoms with van der Waals surface area (Å²) in [6, 6.07) is 7.98. The highest BCUT2D eigenvalue weighted by Crippen LogP contribution is 2.41. The van der Waals surface area contributed by atoms with Crippen molar-refractivity contribution in [1.29, 1.82) is 0 Å². The summed E-state index contributed by atoms with van der Waals surface area (Å²) >= 11 is 9.75. The molecule has 6 heteroatoms. The van der Waals surface area contributed by atoms with E-state index in [4.69, 9.17) is 17.3 Å². The molecular weight excluding hydrogens is 310 g/mol. The number of hydrogen-bond donors (Lipinski definition) is 1. The topological polar surface area (TPSA) is 42.2 Å². The van der Waals surface area contributed by atoms with Crippen LogP contribution in [0.25, 0.3) is 0 Å².